The van der Waals surface area contributed by atoms with E-state index >= 15 is 0 Å². The van der Waals surface area contributed by atoms with Crippen LogP contribution in [0, 0.1) is 0 Å². The number of fused-ring (bicyclic) bond motifs is 1. The summed E-state index contributed by atoms with van der Waals surface area (Å²) in [7, 11) is 0. The van der Waals surface area contributed by atoms with Crippen molar-refractivity contribution in [3.63, 3.8) is 0 Å². The number of aromatic amines is 1. The zero-order chi connectivity index (χ0) is 15.0. The first-order chi connectivity index (χ1) is 9.94. The summed E-state index contributed by atoms with van der Waals surface area (Å²) in [4.78, 5) is 18.1. The van der Waals surface area contributed by atoms with Crippen LogP contribution in [-0.2, 0) is 0 Å². The summed E-state index contributed by atoms with van der Waals surface area (Å²) in [6.45, 7) is 0. The van der Waals surface area contributed by atoms with Crippen molar-refractivity contribution in [3.8, 4) is 11.4 Å². The molecule has 0 radical (unpaired) electrons. The summed E-state index contributed by atoms with van der Waals surface area (Å²) in [5.41, 5.74) is 0.705. The number of alkyl halides is 3. The van der Waals surface area contributed by atoms with Gasteiger partial charge in [0, 0.05) is 11.9 Å². The minimum atomic E-state index is -4.73. The molecule has 0 bridgehead atoms. The summed E-state index contributed by atoms with van der Waals surface area (Å²) in [5.74, 6) is -0.312. The van der Waals surface area contributed by atoms with Gasteiger partial charge in [-0.2, -0.15) is 0 Å². The Hall–Kier alpha value is -2.77. The molecule has 3 rings (SSSR count). The van der Waals surface area contributed by atoms with Gasteiger partial charge in [-0.05, 0) is 30.3 Å². The molecular formula is C13H8F3N3O2. The third kappa shape index (κ3) is 2.60. The first kappa shape index (κ1) is 13.2. The van der Waals surface area contributed by atoms with Crippen LogP contribution in [0.3, 0.4) is 0 Å². The molecule has 0 aliphatic carbocycles. The number of ether oxygens (including phenoxy) is 1. The Morgan fingerprint density at radius 1 is 1.14 bits per heavy atom. The van der Waals surface area contributed by atoms with Gasteiger partial charge >= 0.3 is 6.36 Å². The molecule has 1 N–H and O–H groups in total. The maximum atomic E-state index is 12.1. The molecule has 108 valence electrons. The predicted octanol–water partition coefficient (Wildman–Crippen LogP) is 2.61. The van der Waals surface area contributed by atoms with Gasteiger partial charge < -0.3 is 14.3 Å². The second-order valence-corrected chi connectivity index (χ2v) is 4.20. The summed E-state index contributed by atoms with van der Waals surface area (Å²) in [5, 5.41) is 0.396. The molecule has 0 spiro atoms. The van der Waals surface area contributed by atoms with Gasteiger partial charge in [0.15, 0.2) is 5.65 Å². The van der Waals surface area contributed by atoms with Crippen LogP contribution in [0.15, 0.2) is 47.7 Å². The Morgan fingerprint density at radius 2 is 1.86 bits per heavy atom. The smallest absolute Gasteiger partial charge is 0.406 e. The number of halogens is 3. The van der Waals surface area contributed by atoms with E-state index in [2.05, 4.69) is 14.7 Å². The number of H-pyrrole nitrogens is 1. The monoisotopic (exact) mass is 295 g/mol. The van der Waals surface area contributed by atoms with Crippen molar-refractivity contribution >= 4 is 11.0 Å². The van der Waals surface area contributed by atoms with E-state index in [1.807, 2.05) is 0 Å². The van der Waals surface area contributed by atoms with Crippen molar-refractivity contribution in [1.82, 2.24) is 14.5 Å². The standard InChI is InChI=1S/C13H8F3N3O2/c14-13(15,16)21-9-3-1-8(2-4-9)19-6-5-10-11(19)17-7-18-12(10)20/h1-7H,(H,17,18,20). The van der Waals surface area contributed by atoms with Crippen LogP contribution in [0.1, 0.15) is 0 Å². The summed E-state index contributed by atoms with van der Waals surface area (Å²) in [6.07, 6.45) is -1.84. The highest BCUT2D eigenvalue weighted by Gasteiger charge is 2.30. The zero-order valence-electron chi connectivity index (χ0n) is 10.4. The van der Waals surface area contributed by atoms with E-state index < -0.39 is 6.36 Å². The molecule has 0 fully saturated rings. The second-order valence-electron chi connectivity index (χ2n) is 4.20. The lowest BCUT2D eigenvalue weighted by Crippen LogP contribution is -2.17. The molecule has 3 aromatic rings. The van der Waals surface area contributed by atoms with E-state index in [1.54, 1.807) is 16.8 Å². The lowest BCUT2D eigenvalue weighted by molar-refractivity contribution is -0.274. The normalized spacial score (nSPS) is 11.8. The van der Waals surface area contributed by atoms with Gasteiger partial charge in [0.05, 0.1) is 11.7 Å². The number of hydrogen-bond donors (Lipinski definition) is 1. The van der Waals surface area contributed by atoms with Crippen LogP contribution in [-0.4, -0.2) is 20.9 Å². The van der Waals surface area contributed by atoms with E-state index in [1.165, 1.54) is 30.6 Å². The van der Waals surface area contributed by atoms with Crippen molar-refractivity contribution in [2.75, 3.05) is 0 Å². The van der Waals surface area contributed by atoms with Crippen LogP contribution in [0.4, 0.5) is 13.2 Å². The second kappa shape index (κ2) is 4.65. The van der Waals surface area contributed by atoms with Crippen LogP contribution >= 0.6 is 0 Å². The third-order valence-electron chi connectivity index (χ3n) is 2.83. The highest BCUT2D eigenvalue weighted by atomic mass is 19.4. The van der Waals surface area contributed by atoms with Crippen LogP contribution in [0.2, 0.25) is 0 Å². The molecule has 1 aromatic carbocycles. The van der Waals surface area contributed by atoms with E-state index in [9.17, 15) is 18.0 Å². The van der Waals surface area contributed by atoms with Crippen LogP contribution in [0.25, 0.3) is 16.7 Å². The topological polar surface area (TPSA) is 59.9 Å². The molecule has 5 nitrogen and oxygen atoms in total. The average Bonchev–Trinajstić information content (AvgIpc) is 2.83. The first-order valence-corrected chi connectivity index (χ1v) is 5.85. The number of nitrogens with zero attached hydrogens (tertiary/aromatic N) is 2. The Bertz CT molecular complexity index is 834. The molecule has 0 amide bonds. The Balaban J connectivity index is 2.00. The molecule has 2 aromatic heterocycles. The number of nitrogens with one attached hydrogen (secondary N) is 1. The van der Waals surface area contributed by atoms with Gasteiger partial charge in [-0.15, -0.1) is 13.2 Å². The lowest BCUT2D eigenvalue weighted by Gasteiger charge is -2.10. The molecule has 0 saturated heterocycles. The van der Waals surface area contributed by atoms with Crippen LogP contribution < -0.4 is 10.3 Å². The van der Waals surface area contributed by atoms with Crippen molar-refractivity contribution in [2.24, 2.45) is 0 Å². The Kier molecular flexibility index (Phi) is 2.93. The predicted molar refractivity (Wildman–Crippen MR) is 68.4 cm³/mol. The number of aromatic nitrogens is 3. The summed E-state index contributed by atoms with van der Waals surface area (Å²) >= 11 is 0. The zero-order valence-corrected chi connectivity index (χ0v) is 10.4. The Labute approximate surface area is 115 Å². The van der Waals surface area contributed by atoms with E-state index in [0.29, 0.717) is 16.7 Å². The molecule has 8 heteroatoms. The number of hydrogen-bond acceptors (Lipinski definition) is 3. The fourth-order valence-electron chi connectivity index (χ4n) is 1.98. The number of benzene rings is 1. The number of rotatable bonds is 2. The fourth-order valence-corrected chi connectivity index (χ4v) is 1.98. The molecular weight excluding hydrogens is 287 g/mol. The molecule has 0 atom stereocenters. The third-order valence-corrected chi connectivity index (χ3v) is 2.83. The fraction of sp³-hybridized carbons (Fsp3) is 0.0769. The summed E-state index contributed by atoms with van der Waals surface area (Å²) in [6, 6.07) is 6.87. The van der Waals surface area contributed by atoms with Crippen molar-refractivity contribution in [3.05, 3.63) is 53.2 Å². The van der Waals surface area contributed by atoms with E-state index in [4.69, 9.17) is 0 Å². The SMILES string of the molecule is O=c1[nH]cnc2c1ccn2-c1ccc(OC(F)(F)F)cc1. The molecule has 21 heavy (non-hydrogen) atoms. The minimum Gasteiger partial charge on any atom is -0.406 e. The largest absolute Gasteiger partial charge is 0.573 e. The summed E-state index contributed by atoms with van der Waals surface area (Å²) < 4.78 is 41.7. The molecule has 2 heterocycles. The Morgan fingerprint density at radius 3 is 2.52 bits per heavy atom. The highest BCUT2D eigenvalue weighted by Crippen LogP contribution is 2.24. The maximum absolute atomic E-state index is 12.1. The maximum Gasteiger partial charge on any atom is 0.573 e. The highest BCUT2D eigenvalue weighted by molar-refractivity contribution is 5.76. The van der Waals surface area contributed by atoms with Crippen molar-refractivity contribution in [2.45, 2.75) is 6.36 Å². The van der Waals surface area contributed by atoms with E-state index in [0.717, 1.165) is 0 Å². The van der Waals surface area contributed by atoms with Gasteiger partial charge in [0.2, 0.25) is 0 Å². The van der Waals surface area contributed by atoms with Crippen molar-refractivity contribution in [1.29, 1.82) is 0 Å². The molecule has 0 aliphatic rings. The van der Waals surface area contributed by atoms with Crippen molar-refractivity contribution < 1.29 is 17.9 Å². The quantitative estimate of drug-likeness (QED) is 0.790. The van der Waals surface area contributed by atoms with E-state index in [-0.39, 0.29) is 11.3 Å². The average molecular weight is 295 g/mol. The van der Waals surface area contributed by atoms with Gasteiger partial charge in [0.25, 0.3) is 5.56 Å². The van der Waals surface area contributed by atoms with Gasteiger partial charge in [-0.3, -0.25) is 4.79 Å². The van der Waals surface area contributed by atoms with Gasteiger partial charge in [-0.1, -0.05) is 0 Å². The van der Waals surface area contributed by atoms with Gasteiger partial charge in [0.1, 0.15) is 5.75 Å². The molecule has 0 saturated carbocycles. The lowest BCUT2D eigenvalue weighted by atomic mass is 10.3. The van der Waals surface area contributed by atoms with Gasteiger partial charge in [-0.25, -0.2) is 4.98 Å². The molecule has 0 aliphatic heterocycles. The molecule has 0 unspecified atom stereocenters. The first-order valence-electron chi connectivity index (χ1n) is 5.85. The minimum absolute atomic E-state index is 0.282. The van der Waals surface area contributed by atoms with Crippen LogP contribution in [0.5, 0.6) is 5.75 Å².